The molecule has 1 N–H and O–H groups in total. The van der Waals surface area contributed by atoms with Crippen molar-refractivity contribution in [1.29, 1.82) is 0 Å². The SMILES string of the molecule is COc1cccc(CN(C(=O)CN(c2cccc3ccccc23)S(C)(=O)=O)C(C)C(=O)NC2CCCC2)c1. The third-order valence-electron chi connectivity index (χ3n) is 7.07. The van der Waals surface area contributed by atoms with Crippen molar-refractivity contribution in [3.8, 4) is 5.75 Å². The highest BCUT2D eigenvalue weighted by molar-refractivity contribution is 7.92. The molecule has 1 fully saturated rings. The van der Waals surface area contributed by atoms with Crippen LogP contribution in [0.4, 0.5) is 5.69 Å². The number of nitrogens with zero attached hydrogens (tertiary/aromatic N) is 2. The number of rotatable bonds is 10. The first-order valence-electron chi connectivity index (χ1n) is 12.9. The summed E-state index contributed by atoms with van der Waals surface area (Å²) in [5, 5.41) is 4.66. The molecule has 0 saturated heterocycles. The summed E-state index contributed by atoms with van der Waals surface area (Å²) in [6, 6.07) is 19.4. The highest BCUT2D eigenvalue weighted by Gasteiger charge is 2.31. The predicted octanol–water partition coefficient (Wildman–Crippen LogP) is 4.09. The van der Waals surface area contributed by atoms with Crippen LogP contribution in [0.1, 0.15) is 38.2 Å². The van der Waals surface area contributed by atoms with E-state index < -0.39 is 28.5 Å². The maximum Gasteiger partial charge on any atom is 0.244 e. The summed E-state index contributed by atoms with van der Waals surface area (Å²) in [6.45, 7) is 1.38. The van der Waals surface area contributed by atoms with Gasteiger partial charge in [0.25, 0.3) is 0 Å². The Morgan fingerprint density at radius 1 is 1.03 bits per heavy atom. The number of hydrogen-bond acceptors (Lipinski definition) is 5. The van der Waals surface area contributed by atoms with Gasteiger partial charge >= 0.3 is 0 Å². The van der Waals surface area contributed by atoms with E-state index in [0.29, 0.717) is 11.4 Å². The minimum absolute atomic E-state index is 0.0990. The molecular formula is C29H35N3O5S. The van der Waals surface area contributed by atoms with Gasteiger partial charge in [0.15, 0.2) is 0 Å². The summed E-state index contributed by atoms with van der Waals surface area (Å²) in [7, 11) is -2.26. The van der Waals surface area contributed by atoms with Crippen molar-refractivity contribution in [3.63, 3.8) is 0 Å². The fraction of sp³-hybridized carbons (Fsp3) is 0.379. The van der Waals surface area contributed by atoms with E-state index >= 15 is 0 Å². The molecular weight excluding hydrogens is 502 g/mol. The van der Waals surface area contributed by atoms with Gasteiger partial charge in [-0.3, -0.25) is 13.9 Å². The van der Waals surface area contributed by atoms with Crippen molar-refractivity contribution in [2.75, 3.05) is 24.2 Å². The fourth-order valence-corrected chi connectivity index (χ4v) is 5.82. The Labute approximate surface area is 224 Å². The lowest BCUT2D eigenvalue weighted by Gasteiger charge is -2.32. The molecule has 0 aromatic heterocycles. The van der Waals surface area contributed by atoms with E-state index in [1.54, 1.807) is 38.3 Å². The van der Waals surface area contributed by atoms with Crippen LogP contribution in [-0.4, -0.2) is 57.1 Å². The summed E-state index contributed by atoms with van der Waals surface area (Å²) in [5.41, 5.74) is 1.19. The largest absolute Gasteiger partial charge is 0.497 e. The van der Waals surface area contributed by atoms with Gasteiger partial charge in [0.05, 0.1) is 19.1 Å². The summed E-state index contributed by atoms with van der Waals surface area (Å²) < 4.78 is 32.4. The predicted molar refractivity (Wildman–Crippen MR) is 150 cm³/mol. The van der Waals surface area contributed by atoms with Crippen LogP contribution in [0.15, 0.2) is 66.7 Å². The van der Waals surface area contributed by atoms with E-state index in [9.17, 15) is 18.0 Å². The lowest BCUT2D eigenvalue weighted by molar-refractivity contribution is -0.139. The Morgan fingerprint density at radius 2 is 1.71 bits per heavy atom. The monoisotopic (exact) mass is 537 g/mol. The third-order valence-corrected chi connectivity index (χ3v) is 8.20. The molecule has 0 heterocycles. The second kappa shape index (κ2) is 11.9. The molecule has 0 aliphatic heterocycles. The van der Waals surface area contributed by atoms with Gasteiger partial charge in [-0.1, -0.05) is 61.4 Å². The maximum atomic E-state index is 13.9. The first-order chi connectivity index (χ1) is 18.2. The van der Waals surface area contributed by atoms with E-state index in [1.165, 1.54) is 4.90 Å². The number of nitrogens with one attached hydrogen (secondary N) is 1. The summed E-state index contributed by atoms with van der Waals surface area (Å²) in [5.74, 6) is -0.0871. The number of carbonyl (C=O) groups excluding carboxylic acids is 2. The van der Waals surface area contributed by atoms with Crippen LogP contribution in [0.25, 0.3) is 10.8 Å². The van der Waals surface area contributed by atoms with Crippen LogP contribution in [-0.2, 0) is 26.2 Å². The fourth-order valence-electron chi connectivity index (χ4n) is 4.96. The molecule has 1 atom stereocenters. The number of amides is 2. The van der Waals surface area contributed by atoms with Crippen LogP contribution >= 0.6 is 0 Å². The van der Waals surface area contributed by atoms with E-state index in [2.05, 4.69) is 5.32 Å². The lowest BCUT2D eigenvalue weighted by Crippen LogP contribution is -2.52. The van der Waals surface area contributed by atoms with Crippen molar-refractivity contribution in [2.24, 2.45) is 0 Å². The molecule has 3 aromatic rings. The van der Waals surface area contributed by atoms with Crippen molar-refractivity contribution in [3.05, 3.63) is 72.3 Å². The Kier molecular flexibility index (Phi) is 8.56. The van der Waals surface area contributed by atoms with E-state index in [1.807, 2.05) is 42.5 Å². The van der Waals surface area contributed by atoms with Crippen LogP contribution in [0.5, 0.6) is 5.75 Å². The van der Waals surface area contributed by atoms with Crippen LogP contribution in [0.3, 0.4) is 0 Å². The average molecular weight is 538 g/mol. The molecule has 202 valence electrons. The number of anilines is 1. The molecule has 4 rings (SSSR count). The number of sulfonamides is 1. The van der Waals surface area contributed by atoms with Crippen LogP contribution < -0.4 is 14.4 Å². The van der Waals surface area contributed by atoms with Gasteiger partial charge in [0.1, 0.15) is 18.3 Å². The van der Waals surface area contributed by atoms with E-state index in [-0.39, 0.29) is 18.5 Å². The van der Waals surface area contributed by atoms with Crippen molar-refractivity contribution in [2.45, 2.75) is 51.2 Å². The molecule has 1 unspecified atom stereocenters. The van der Waals surface area contributed by atoms with Crippen molar-refractivity contribution >= 4 is 38.3 Å². The summed E-state index contributed by atoms with van der Waals surface area (Å²) in [6.07, 6.45) is 5.07. The molecule has 2 amide bonds. The molecule has 0 bridgehead atoms. The van der Waals surface area contributed by atoms with Crippen LogP contribution in [0.2, 0.25) is 0 Å². The van der Waals surface area contributed by atoms with Gasteiger partial charge in [-0.2, -0.15) is 0 Å². The van der Waals surface area contributed by atoms with Gasteiger partial charge in [0.2, 0.25) is 21.8 Å². The standard InChI is InChI=1S/C29H35N3O5S/c1-21(29(34)30-24-13-5-6-14-24)31(19-22-10-8-15-25(18-22)37-2)28(33)20-32(38(3,35)36)27-17-9-12-23-11-4-7-16-26(23)27/h4,7-12,15-18,21,24H,5-6,13-14,19-20H2,1-3H3,(H,30,34). The first kappa shape index (κ1) is 27.4. The van der Waals surface area contributed by atoms with Gasteiger partial charge in [-0.15, -0.1) is 0 Å². The molecule has 8 nitrogen and oxygen atoms in total. The number of fused-ring (bicyclic) bond motifs is 1. The zero-order valence-electron chi connectivity index (χ0n) is 22.1. The maximum absolute atomic E-state index is 13.9. The zero-order valence-corrected chi connectivity index (χ0v) is 22.9. The van der Waals surface area contributed by atoms with Crippen LogP contribution in [0, 0.1) is 0 Å². The van der Waals surface area contributed by atoms with Crippen molar-refractivity contribution < 1.29 is 22.7 Å². The summed E-state index contributed by atoms with van der Waals surface area (Å²) in [4.78, 5) is 28.5. The Morgan fingerprint density at radius 3 is 2.42 bits per heavy atom. The quantitative estimate of drug-likeness (QED) is 0.420. The molecule has 0 spiro atoms. The summed E-state index contributed by atoms with van der Waals surface area (Å²) >= 11 is 0. The third kappa shape index (κ3) is 6.45. The zero-order chi connectivity index (χ0) is 27.3. The molecule has 1 aliphatic rings. The lowest BCUT2D eigenvalue weighted by atomic mass is 10.1. The Balaban J connectivity index is 1.66. The molecule has 0 radical (unpaired) electrons. The number of hydrogen-bond donors (Lipinski definition) is 1. The van der Waals surface area contributed by atoms with Gasteiger partial charge in [0, 0.05) is 18.0 Å². The smallest absolute Gasteiger partial charge is 0.244 e. The van der Waals surface area contributed by atoms with Crippen molar-refractivity contribution in [1.82, 2.24) is 10.2 Å². The molecule has 1 saturated carbocycles. The second-order valence-corrected chi connectivity index (χ2v) is 11.7. The molecule has 1 aliphatic carbocycles. The topological polar surface area (TPSA) is 96.0 Å². The van der Waals surface area contributed by atoms with E-state index in [4.69, 9.17) is 4.74 Å². The number of carbonyl (C=O) groups is 2. The van der Waals surface area contributed by atoms with Gasteiger partial charge < -0.3 is 15.0 Å². The highest BCUT2D eigenvalue weighted by Crippen LogP contribution is 2.29. The molecule has 38 heavy (non-hydrogen) atoms. The number of benzene rings is 3. The van der Waals surface area contributed by atoms with Gasteiger partial charge in [-0.25, -0.2) is 8.42 Å². The minimum atomic E-state index is -3.82. The Hall–Kier alpha value is -3.59. The average Bonchev–Trinajstić information content (AvgIpc) is 3.42. The van der Waals surface area contributed by atoms with E-state index in [0.717, 1.165) is 52.6 Å². The first-order valence-corrected chi connectivity index (χ1v) is 14.7. The second-order valence-electron chi connectivity index (χ2n) is 9.81. The number of ether oxygens (including phenoxy) is 1. The normalized spacial score (nSPS) is 14.7. The highest BCUT2D eigenvalue weighted by atomic mass is 32.2. The minimum Gasteiger partial charge on any atom is -0.497 e. The molecule has 9 heteroatoms. The molecule has 3 aromatic carbocycles. The Bertz CT molecular complexity index is 1400. The van der Waals surface area contributed by atoms with Gasteiger partial charge in [-0.05, 0) is 48.9 Å². The number of methoxy groups -OCH3 is 1.